The molecule has 1 aliphatic rings. The first-order valence-corrected chi connectivity index (χ1v) is 4.57. The lowest BCUT2D eigenvalue weighted by molar-refractivity contribution is -0.0452. The third-order valence-electron chi connectivity index (χ3n) is 2.01. The summed E-state index contributed by atoms with van der Waals surface area (Å²) < 4.78 is 15.5. The lowest BCUT2D eigenvalue weighted by atomic mass is 10.2. The van der Waals surface area contributed by atoms with Crippen molar-refractivity contribution in [1.29, 1.82) is 0 Å². The maximum absolute atomic E-state index is 10.7. The van der Waals surface area contributed by atoms with E-state index >= 15 is 0 Å². The standard InChI is InChI=1S/C10H11NO4/c11-10(12)15-8-4-2-1-3-7(8)9-13-5-6-14-9/h1-4,9H,5-6H2,(H2,11,12). The minimum absolute atomic E-state index is 0.372. The van der Waals surface area contributed by atoms with Gasteiger partial charge in [-0.05, 0) is 6.07 Å². The van der Waals surface area contributed by atoms with Gasteiger partial charge < -0.3 is 19.9 Å². The molecule has 2 N–H and O–H groups in total. The van der Waals surface area contributed by atoms with Gasteiger partial charge in [0.25, 0.3) is 0 Å². The average molecular weight is 209 g/mol. The van der Waals surface area contributed by atoms with Crippen LogP contribution in [0.4, 0.5) is 4.79 Å². The van der Waals surface area contributed by atoms with E-state index in [0.29, 0.717) is 24.5 Å². The Morgan fingerprint density at radius 3 is 2.67 bits per heavy atom. The van der Waals surface area contributed by atoms with Crippen LogP contribution in [-0.2, 0) is 9.47 Å². The van der Waals surface area contributed by atoms with Crippen molar-refractivity contribution in [2.24, 2.45) is 5.73 Å². The normalized spacial score (nSPS) is 16.5. The largest absolute Gasteiger partial charge is 0.410 e. The number of hydrogen-bond acceptors (Lipinski definition) is 4. The van der Waals surface area contributed by atoms with Gasteiger partial charge in [-0.1, -0.05) is 18.2 Å². The van der Waals surface area contributed by atoms with E-state index in [1.54, 1.807) is 18.2 Å². The second-order valence-corrected chi connectivity index (χ2v) is 3.03. The summed E-state index contributed by atoms with van der Waals surface area (Å²) in [5, 5.41) is 0. The van der Waals surface area contributed by atoms with E-state index in [1.165, 1.54) is 0 Å². The molecule has 0 unspecified atom stereocenters. The number of carbonyl (C=O) groups excluding carboxylic acids is 1. The second kappa shape index (κ2) is 4.29. The van der Waals surface area contributed by atoms with Crippen molar-refractivity contribution in [3.8, 4) is 5.75 Å². The monoisotopic (exact) mass is 209 g/mol. The third kappa shape index (κ3) is 2.26. The van der Waals surface area contributed by atoms with Crippen LogP contribution in [0.3, 0.4) is 0 Å². The first-order valence-electron chi connectivity index (χ1n) is 4.57. The first kappa shape index (κ1) is 9.95. The number of nitrogens with two attached hydrogens (primary N) is 1. The van der Waals surface area contributed by atoms with Crippen LogP contribution in [0, 0.1) is 0 Å². The Kier molecular flexibility index (Phi) is 2.84. The molecule has 0 saturated carbocycles. The molecular formula is C10H11NO4. The molecule has 1 aliphatic heterocycles. The van der Waals surface area contributed by atoms with E-state index < -0.39 is 12.4 Å². The first-order chi connectivity index (χ1) is 7.27. The third-order valence-corrected chi connectivity index (χ3v) is 2.01. The van der Waals surface area contributed by atoms with Gasteiger partial charge in [-0.15, -0.1) is 0 Å². The summed E-state index contributed by atoms with van der Waals surface area (Å²) in [6, 6.07) is 6.98. The lowest BCUT2D eigenvalue weighted by Gasteiger charge is -2.12. The zero-order chi connectivity index (χ0) is 10.7. The second-order valence-electron chi connectivity index (χ2n) is 3.03. The van der Waals surface area contributed by atoms with Crippen molar-refractivity contribution in [3.63, 3.8) is 0 Å². The molecule has 1 fully saturated rings. The van der Waals surface area contributed by atoms with Crippen LogP contribution in [0.5, 0.6) is 5.75 Å². The highest BCUT2D eigenvalue weighted by molar-refractivity contribution is 5.68. The summed E-state index contributed by atoms with van der Waals surface area (Å²) in [6.45, 7) is 1.07. The minimum atomic E-state index is -0.847. The van der Waals surface area contributed by atoms with Gasteiger partial charge in [0, 0.05) is 0 Å². The molecule has 0 bridgehead atoms. The molecule has 5 heteroatoms. The molecule has 0 radical (unpaired) electrons. The number of para-hydroxylation sites is 1. The number of carbonyl (C=O) groups is 1. The minimum Gasteiger partial charge on any atom is -0.410 e. The molecule has 1 amide bonds. The molecule has 15 heavy (non-hydrogen) atoms. The summed E-state index contributed by atoms with van der Waals surface area (Å²) >= 11 is 0. The summed E-state index contributed by atoms with van der Waals surface area (Å²) in [5.74, 6) is 0.372. The number of amides is 1. The van der Waals surface area contributed by atoms with E-state index in [4.69, 9.17) is 19.9 Å². The predicted octanol–water partition coefficient (Wildman–Crippen LogP) is 1.19. The van der Waals surface area contributed by atoms with Crippen molar-refractivity contribution in [2.75, 3.05) is 13.2 Å². The Bertz CT molecular complexity index is 360. The molecule has 1 heterocycles. The molecule has 1 saturated heterocycles. The smallest absolute Gasteiger partial charge is 0.409 e. The molecule has 5 nitrogen and oxygen atoms in total. The zero-order valence-corrected chi connectivity index (χ0v) is 8.01. The fourth-order valence-electron chi connectivity index (χ4n) is 1.41. The Hall–Kier alpha value is -1.59. The summed E-state index contributed by atoms with van der Waals surface area (Å²) in [4.78, 5) is 10.7. The number of primary amides is 1. The lowest BCUT2D eigenvalue weighted by Crippen LogP contribution is -2.17. The molecule has 0 aliphatic carbocycles. The number of benzene rings is 1. The van der Waals surface area contributed by atoms with Gasteiger partial charge in [0.05, 0.1) is 18.8 Å². The molecular weight excluding hydrogens is 198 g/mol. The van der Waals surface area contributed by atoms with Crippen LogP contribution in [0.25, 0.3) is 0 Å². The molecule has 80 valence electrons. The van der Waals surface area contributed by atoms with Gasteiger partial charge in [0.1, 0.15) is 5.75 Å². The van der Waals surface area contributed by atoms with E-state index in [2.05, 4.69) is 0 Å². The number of rotatable bonds is 2. The quantitative estimate of drug-likeness (QED) is 0.794. The van der Waals surface area contributed by atoms with Crippen LogP contribution >= 0.6 is 0 Å². The highest BCUT2D eigenvalue weighted by atomic mass is 16.7. The van der Waals surface area contributed by atoms with Crippen molar-refractivity contribution in [2.45, 2.75) is 6.29 Å². The predicted molar refractivity (Wildman–Crippen MR) is 51.3 cm³/mol. The average Bonchev–Trinajstić information content (AvgIpc) is 2.70. The highest BCUT2D eigenvalue weighted by Gasteiger charge is 2.22. The van der Waals surface area contributed by atoms with Crippen molar-refractivity contribution < 1.29 is 19.0 Å². The van der Waals surface area contributed by atoms with Crippen molar-refractivity contribution in [3.05, 3.63) is 29.8 Å². The molecule has 2 rings (SSSR count). The SMILES string of the molecule is NC(=O)Oc1ccccc1C1OCCO1. The van der Waals surface area contributed by atoms with Crippen molar-refractivity contribution in [1.82, 2.24) is 0 Å². The summed E-state index contributed by atoms with van der Waals surface area (Å²) in [5.41, 5.74) is 5.62. The molecule has 0 aromatic heterocycles. The van der Waals surface area contributed by atoms with Crippen LogP contribution in [0.15, 0.2) is 24.3 Å². The Balaban J connectivity index is 2.24. The van der Waals surface area contributed by atoms with E-state index in [-0.39, 0.29) is 0 Å². The fraction of sp³-hybridized carbons (Fsp3) is 0.300. The topological polar surface area (TPSA) is 70.8 Å². The summed E-state index contributed by atoms with van der Waals surface area (Å²) in [6.07, 6.45) is -1.32. The van der Waals surface area contributed by atoms with E-state index in [9.17, 15) is 4.79 Å². The fourth-order valence-corrected chi connectivity index (χ4v) is 1.41. The molecule has 0 atom stereocenters. The van der Waals surface area contributed by atoms with Crippen molar-refractivity contribution >= 4 is 6.09 Å². The Morgan fingerprint density at radius 1 is 1.33 bits per heavy atom. The van der Waals surface area contributed by atoms with Gasteiger partial charge in [-0.25, -0.2) is 4.79 Å². The van der Waals surface area contributed by atoms with E-state index in [0.717, 1.165) is 0 Å². The van der Waals surface area contributed by atoms with Gasteiger partial charge in [0.15, 0.2) is 6.29 Å². The number of hydrogen-bond donors (Lipinski definition) is 1. The maximum Gasteiger partial charge on any atom is 0.409 e. The van der Waals surface area contributed by atoms with Crippen LogP contribution < -0.4 is 10.5 Å². The number of ether oxygens (including phenoxy) is 3. The van der Waals surface area contributed by atoms with Gasteiger partial charge in [-0.2, -0.15) is 0 Å². The van der Waals surface area contributed by atoms with Crippen LogP contribution in [0.2, 0.25) is 0 Å². The zero-order valence-electron chi connectivity index (χ0n) is 8.01. The van der Waals surface area contributed by atoms with E-state index in [1.807, 2.05) is 6.07 Å². The highest BCUT2D eigenvalue weighted by Crippen LogP contribution is 2.30. The Morgan fingerprint density at radius 2 is 2.00 bits per heavy atom. The summed E-state index contributed by atoms with van der Waals surface area (Å²) in [7, 11) is 0. The maximum atomic E-state index is 10.7. The van der Waals surface area contributed by atoms with Gasteiger partial charge in [-0.3, -0.25) is 0 Å². The molecule has 0 spiro atoms. The molecule has 1 aromatic rings. The van der Waals surface area contributed by atoms with Gasteiger partial charge in [0.2, 0.25) is 0 Å². The van der Waals surface area contributed by atoms with Crippen LogP contribution in [-0.4, -0.2) is 19.3 Å². The van der Waals surface area contributed by atoms with Crippen LogP contribution in [0.1, 0.15) is 11.9 Å². The molecule has 1 aromatic carbocycles. The Labute approximate surface area is 86.7 Å². The van der Waals surface area contributed by atoms with Gasteiger partial charge >= 0.3 is 6.09 Å².